The van der Waals surface area contributed by atoms with Crippen molar-refractivity contribution in [2.24, 2.45) is 16.7 Å². The summed E-state index contributed by atoms with van der Waals surface area (Å²) < 4.78 is 16.6. The van der Waals surface area contributed by atoms with Crippen LogP contribution in [0.25, 0.3) is 0 Å². The molecule has 1 aromatic heterocycles. The number of hydrogen-bond acceptors (Lipinski definition) is 12. The van der Waals surface area contributed by atoms with E-state index in [1.807, 2.05) is 6.92 Å². The van der Waals surface area contributed by atoms with Crippen LogP contribution in [0.5, 0.6) is 0 Å². The van der Waals surface area contributed by atoms with Crippen molar-refractivity contribution in [3.8, 4) is 0 Å². The molecule has 4 fully saturated rings. The Labute approximate surface area is 242 Å². The van der Waals surface area contributed by atoms with Gasteiger partial charge in [0.25, 0.3) is 0 Å². The Balaban J connectivity index is 1.30. The topological polar surface area (TPSA) is 211 Å². The Hall–Kier alpha value is -1.71. The average Bonchev–Trinajstić information content (AvgIpc) is 3.25. The molecule has 0 amide bonds. The lowest BCUT2D eigenvalue weighted by atomic mass is 9.41. The highest BCUT2D eigenvalue weighted by Crippen LogP contribution is 2.71. The van der Waals surface area contributed by atoms with Crippen molar-refractivity contribution in [3.05, 3.63) is 46.0 Å². The molecule has 8 N–H and O–H groups in total. The maximum absolute atomic E-state index is 12.5. The van der Waals surface area contributed by atoms with E-state index in [0.29, 0.717) is 30.4 Å². The van der Waals surface area contributed by atoms with Gasteiger partial charge >= 0.3 is 5.63 Å². The molecule has 12 heteroatoms. The van der Waals surface area contributed by atoms with E-state index in [2.05, 4.69) is 0 Å². The Morgan fingerprint density at radius 3 is 2.40 bits per heavy atom. The van der Waals surface area contributed by atoms with Crippen molar-refractivity contribution >= 4 is 0 Å². The van der Waals surface area contributed by atoms with Crippen molar-refractivity contribution in [2.45, 2.75) is 119 Å². The standard InChI is InChI=1S/C30H42O12/c1-27-7-5-15(41-26-25(37)24(36)23(35)19(12-31)42-26)9-17(27)18(32)11-29(38)20(27)10-21(33)28(2)16(6-8-30(28,29)39)14-3-4-22(34)40-13-14/h3-4,9,13,15-16,18-21,23-26,31-33,35-39H,5-8,10-12H2,1-2H3/t15?,16-,18?,19-,20-,21?,23-,24+,25-,26-,27+,28+,29+,30-/m1/s1. The highest BCUT2D eigenvalue weighted by molar-refractivity contribution is 5.38. The summed E-state index contributed by atoms with van der Waals surface area (Å²) in [5.74, 6) is -0.996. The minimum absolute atomic E-state index is 0.165. The molecule has 42 heavy (non-hydrogen) atoms. The van der Waals surface area contributed by atoms with E-state index in [0.717, 1.165) is 0 Å². The lowest BCUT2D eigenvalue weighted by molar-refractivity contribution is -0.315. The molecule has 12 nitrogen and oxygen atoms in total. The summed E-state index contributed by atoms with van der Waals surface area (Å²) in [6.45, 7) is 3.09. The minimum Gasteiger partial charge on any atom is -0.431 e. The van der Waals surface area contributed by atoms with Gasteiger partial charge in [-0.1, -0.05) is 19.9 Å². The number of ether oxygens (including phenoxy) is 2. The van der Waals surface area contributed by atoms with Gasteiger partial charge in [0.2, 0.25) is 0 Å². The predicted octanol–water partition coefficient (Wildman–Crippen LogP) is -0.957. The van der Waals surface area contributed by atoms with Crippen LogP contribution in [0.3, 0.4) is 0 Å². The first-order chi connectivity index (χ1) is 19.7. The van der Waals surface area contributed by atoms with Gasteiger partial charge in [-0.25, -0.2) is 4.79 Å². The van der Waals surface area contributed by atoms with E-state index in [4.69, 9.17) is 13.9 Å². The number of fused-ring (bicyclic) bond motifs is 5. The van der Waals surface area contributed by atoms with E-state index < -0.39 is 95.1 Å². The van der Waals surface area contributed by atoms with Crippen LogP contribution in [-0.2, 0) is 9.47 Å². The highest BCUT2D eigenvalue weighted by Gasteiger charge is 2.77. The fraction of sp³-hybridized carbons (Fsp3) is 0.767. The lowest BCUT2D eigenvalue weighted by Crippen LogP contribution is -2.76. The molecule has 1 aromatic rings. The van der Waals surface area contributed by atoms with E-state index in [1.165, 1.54) is 12.3 Å². The quantitative estimate of drug-likeness (QED) is 0.198. The van der Waals surface area contributed by atoms with E-state index in [1.54, 1.807) is 19.1 Å². The Kier molecular flexibility index (Phi) is 7.34. The van der Waals surface area contributed by atoms with Crippen molar-refractivity contribution in [1.29, 1.82) is 0 Å². The smallest absolute Gasteiger partial charge is 0.335 e. The fourth-order valence-corrected chi connectivity index (χ4v) is 9.32. The maximum atomic E-state index is 12.5. The van der Waals surface area contributed by atoms with Crippen LogP contribution in [0.15, 0.2) is 39.3 Å². The molecule has 1 saturated heterocycles. The fourth-order valence-electron chi connectivity index (χ4n) is 9.32. The van der Waals surface area contributed by atoms with Crippen LogP contribution in [0.2, 0.25) is 0 Å². The summed E-state index contributed by atoms with van der Waals surface area (Å²) >= 11 is 0. The van der Waals surface area contributed by atoms with Crippen LogP contribution >= 0.6 is 0 Å². The molecule has 0 radical (unpaired) electrons. The van der Waals surface area contributed by atoms with Gasteiger partial charge in [-0.2, -0.15) is 0 Å². The summed E-state index contributed by atoms with van der Waals surface area (Å²) in [7, 11) is 0. The molecule has 0 bridgehead atoms. The Morgan fingerprint density at radius 2 is 1.74 bits per heavy atom. The number of aliphatic hydroxyl groups excluding tert-OH is 6. The lowest BCUT2D eigenvalue weighted by Gasteiger charge is -2.67. The maximum Gasteiger partial charge on any atom is 0.335 e. The Morgan fingerprint density at radius 1 is 1.00 bits per heavy atom. The molecule has 4 aliphatic carbocycles. The van der Waals surface area contributed by atoms with Crippen LogP contribution in [0.4, 0.5) is 0 Å². The molecule has 5 aliphatic rings. The van der Waals surface area contributed by atoms with Crippen molar-refractivity contribution in [1.82, 2.24) is 0 Å². The van der Waals surface area contributed by atoms with Gasteiger partial charge in [0.1, 0.15) is 35.6 Å². The van der Waals surface area contributed by atoms with Gasteiger partial charge in [-0.3, -0.25) is 0 Å². The van der Waals surface area contributed by atoms with E-state index in [-0.39, 0.29) is 19.3 Å². The third kappa shape index (κ3) is 4.01. The second-order valence-corrected chi connectivity index (χ2v) is 13.5. The van der Waals surface area contributed by atoms with E-state index in [9.17, 15) is 45.6 Å². The SMILES string of the molecule is C[C@]12CCC(O[C@@H]3O[C@H](CO)[C@@H](O)[C@H](O)[C@H]3O)C=C1C(O)C[C@]1(O)[C@@H]2CC(O)[C@]2(C)[C@@H](c3ccc(=O)oc3)CC[C@]12O. The highest BCUT2D eigenvalue weighted by atomic mass is 16.7. The summed E-state index contributed by atoms with van der Waals surface area (Å²) in [5, 5.41) is 88.3. The molecule has 14 atom stereocenters. The molecule has 0 spiro atoms. The van der Waals surface area contributed by atoms with Crippen molar-refractivity contribution in [3.63, 3.8) is 0 Å². The zero-order valence-corrected chi connectivity index (χ0v) is 23.7. The second kappa shape index (κ2) is 10.2. The van der Waals surface area contributed by atoms with Gasteiger partial charge in [0, 0.05) is 23.8 Å². The normalized spacial score (nSPS) is 52.2. The molecule has 3 unspecified atom stereocenters. The van der Waals surface area contributed by atoms with Crippen molar-refractivity contribution < 1.29 is 54.7 Å². The first kappa shape index (κ1) is 30.3. The third-order valence-corrected chi connectivity index (χ3v) is 11.7. The first-order valence-electron chi connectivity index (χ1n) is 14.8. The minimum atomic E-state index is -1.75. The summed E-state index contributed by atoms with van der Waals surface area (Å²) in [5.41, 5.74) is -4.73. The molecule has 0 aromatic carbocycles. The van der Waals surface area contributed by atoms with Gasteiger partial charge in [0.05, 0.1) is 31.2 Å². The van der Waals surface area contributed by atoms with Crippen molar-refractivity contribution in [2.75, 3.05) is 6.61 Å². The zero-order valence-electron chi connectivity index (χ0n) is 23.7. The monoisotopic (exact) mass is 594 g/mol. The third-order valence-electron chi connectivity index (χ3n) is 11.7. The molecule has 3 saturated carbocycles. The summed E-state index contributed by atoms with van der Waals surface area (Å²) in [4.78, 5) is 11.6. The molecule has 234 valence electrons. The zero-order chi connectivity index (χ0) is 30.4. The molecule has 6 rings (SSSR count). The van der Waals surface area contributed by atoms with Crippen LogP contribution in [-0.4, -0.2) is 108 Å². The second-order valence-electron chi connectivity index (χ2n) is 13.5. The van der Waals surface area contributed by atoms with Crippen LogP contribution in [0.1, 0.15) is 63.9 Å². The molecule has 2 heterocycles. The van der Waals surface area contributed by atoms with E-state index >= 15 is 0 Å². The number of rotatable bonds is 4. The molecular weight excluding hydrogens is 552 g/mol. The number of aliphatic hydroxyl groups is 8. The first-order valence-corrected chi connectivity index (χ1v) is 14.8. The molecule has 1 aliphatic heterocycles. The van der Waals surface area contributed by atoms with Gasteiger partial charge < -0.3 is 54.7 Å². The summed E-state index contributed by atoms with van der Waals surface area (Å²) in [6, 6.07) is 2.93. The van der Waals surface area contributed by atoms with Crippen LogP contribution < -0.4 is 5.63 Å². The number of hydrogen-bond donors (Lipinski definition) is 8. The predicted molar refractivity (Wildman–Crippen MR) is 144 cm³/mol. The average molecular weight is 595 g/mol. The van der Waals surface area contributed by atoms with Gasteiger partial charge in [-0.05, 0) is 60.6 Å². The summed E-state index contributed by atoms with van der Waals surface area (Å²) in [6.07, 6.45) is -5.43. The van der Waals surface area contributed by atoms with Crippen LogP contribution in [0, 0.1) is 16.7 Å². The van der Waals surface area contributed by atoms with Gasteiger partial charge in [0.15, 0.2) is 6.29 Å². The van der Waals surface area contributed by atoms with Gasteiger partial charge in [-0.15, -0.1) is 0 Å². The molecular formula is C30H42O12. The largest absolute Gasteiger partial charge is 0.431 e. The Bertz CT molecular complexity index is 1260.